The van der Waals surface area contributed by atoms with E-state index in [0.29, 0.717) is 5.92 Å². The molecule has 1 N–H and O–H groups in total. The average molecular weight is 191 g/mol. The number of hydrogen-bond acceptors (Lipinski definition) is 2. The van der Waals surface area contributed by atoms with Gasteiger partial charge in [-0.25, -0.2) is 9.78 Å². The van der Waals surface area contributed by atoms with Crippen molar-refractivity contribution in [2.24, 2.45) is 0 Å². The molecule has 1 saturated carbocycles. The van der Waals surface area contributed by atoms with Gasteiger partial charge in [0.2, 0.25) is 0 Å². The fourth-order valence-corrected chi connectivity index (χ4v) is 2.02. The van der Waals surface area contributed by atoms with Crippen LogP contribution in [0.25, 0.3) is 0 Å². The maximum Gasteiger partial charge on any atom is 0.354 e. The summed E-state index contributed by atoms with van der Waals surface area (Å²) in [4.78, 5) is 14.9. The largest absolute Gasteiger partial charge is 0.477 e. The summed E-state index contributed by atoms with van der Waals surface area (Å²) < 4.78 is 0. The van der Waals surface area contributed by atoms with Crippen molar-refractivity contribution in [1.29, 1.82) is 0 Å². The van der Waals surface area contributed by atoms with E-state index in [1.165, 1.54) is 12.8 Å². The molecule has 0 saturated heterocycles. The highest BCUT2D eigenvalue weighted by Crippen LogP contribution is 2.32. The predicted octanol–water partition coefficient (Wildman–Crippen LogP) is 2.44. The Bertz CT molecular complexity index is 343. The second-order valence-corrected chi connectivity index (χ2v) is 3.73. The normalized spacial score (nSPS) is 17.1. The molecule has 1 aromatic heterocycles. The molecule has 0 amide bonds. The Morgan fingerprint density at radius 2 is 2.07 bits per heavy atom. The second-order valence-electron chi connectivity index (χ2n) is 3.73. The summed E-state index contributed by atoms with van der Waals surface area (Å²) in [7, 11) is 0. The summed E-state index contributed by atoms with van der Waals surface area (Å²) in [5.74, 6) is -0.459. The number of carbonyl (C=O) groups is 1. The number of aromatic nitrogens is 1. The Balaban J connectivity index is 2.25. The lowest BCUT2D eigenvalue weighted by Crippen LogP contribution is -2.04. The molecule has 0 spiro atoms. The van der Waals surface area contributed by atoms with Crippen molar-refractivity contribution in [3.05, 3.63) is 29.6 Å². The lowest BCUT2D eigenvalue weighted by Gasteiger charge is -2.08. The van der Waals surface area contributed by atoms with Crippen LogP contribution in [0.5, 0.6) is 0 Å². The van der Waals surface area contributed by atoms with Crippen LogP contribution in [-0.4, -0.2) is 16.1 Å². The Labute approximate surface area is 82.8 Å². The third kappa shape index (κ3) is 1.76. The molecule has 74 valence electrons. The molecule has 14 heavy (non-hydrogen) atoms. The Hall–Kier alpha value is -1.38. The molecule has 1 aromatic rings. The quantitative estimate of drug-likeness (QED) is 0.781. The van der Waals surface area contributed by atoms with Gasteiger partial charge in [0.1, 0.15) is 5.69 Å². The van der Waals surface area contributed by atoms with Crippen molar-refractivity contribution in [1.82, 2.24) is 4.98 Å². The van der Waals surface area contributed by atoms with Gasteiger partial charge in [0.05, 0.1) is 0 Å². The van der Waals surface area contributed by atoms with Gasteiger partial charge in [-0.3, -0.25) is 0 Å². The van der Waals surface area contributed by atoms with Crippen LogP contribution in [-0.2, 0) is 0 Å². The van der Waals surface area contributed by atoms with E-state index in [1.54, 1.807) is 12.1 Å². The van der Waals surface area contributed by atoms with E-state index in [-0.39, 0.29) is 5.69 Å². The standard InChI is InChI=1S/C11H13NO2/c13-11(14)10-7-3-6-9(12-10)8-4-1-2-5-8/h3,6-8H,1-2,4-5H2,(H,13,14). The van der Waals surface area contributed by atoms with Crippen LogP contribution in [0.3, 0.4) is 0 Å². The van der Waals surface area contributed by atoms with E-state index in [1.807, 2.05) is 6.07 Å². The molecule has 0 radical (unpaired) electrons. The fraction of sp³-hybridized carbons (Fsp3) is 0.455. The topological polar surface area (TPSA) is 50.2 Å². The van der Waals surface area contributed by atoms with Gasteiger partial charge in [-0.2, -0.15) is 0 Å². The highest BCUT2D eigenvalue weighted by molar-refractivity contribution is 5.85. The van der Waals surface area contributed by atoms with Crippen molar-refractivity contribution in [2.45, 2.75) is 31.6 Å². The summed E-state index contributed by atoms with van der Waals surface area (Å²) in [6.07, 6.45) is 4.78. The summed E-state index contributed by atoms with van der Waals surface area (Å²) in [5.41, 5.74) is 1.11. The predicted molar refractivity (Wildman–Crippen MR) is 52.4 cm³/mol. The van der Waals surface area contributed by atoms with Crippen molar-refractivity contribution in [2.75, 3.05) is 0 Å². The van der Waals surface area contributed by atoms with Crippen LogP contribution in [0, 0.1) is 0 Å². The Morgan fingerprint density at radius 3 is 2.71 bits per heavy atom. The zero-order valence-electron chi connectivity index (χ0n) is 7.94. The highest BCUT2D eigenvalue weighted by Gasteiger charge is 2.19. The molecular formula is C11H13NO2. The first kappa shape index (κ1) is 9.19. The Morgan fingerprint density at radius 1 is 1.36 bits per heavy atom. The van der Waals surface area contributed by atoms with Gasteiger partial charge in [0.25, 0.3) is 0 Å². The van der Waals surface area contributed by atoms with Crippen LogP contribution in [0.2, 0.25) is 0 Å². The zero-order valence-corrected chi connectivity index (χ0v) is 7.94. The molecule has 0 aliphatic heterocycles. The molecule has 1 aliphatic carbocycles. The van der Waals surface area contributed by atoms with Gasteiger partial charge in [-0.15, -0.1) is 0 Å². The van der Waals surface area contributed by atoms with Gasteiger partial charge in [-0.05, 0) is 25.0 Å². The maximum atomic E-state index is 10.7. The van der Waals surface area contributed by atoms with E-state index < -0.39 is 5.97 Å². The van der Waals surface area contributed by atoms with E-state index in [9.17, 15) is 4.79 Å². The molecular weight excluding hydrogens is 178 g/mol. The minimum atomic E-state index is -0.940. The molecule has 2 rings (SSSR count). The lowest BCUT2D eigenvalue weighted by atomic mass is 10.0. The van der Waals surface area contributed by atoms with E-state index in [0.717, 1.165) is 18.5 Å². The summed E-state index contributed by atoms with van der Waals surface area (Å²) >= 11 is 0. The zero-order chi connectivity index (χ0) is 9.97. The SMILES string of the molecule is O=C(O)c1cccc(C2CCCC2)n1. The fourth-order valence-electron chi connectivity index (χ4n) is 2.02. The number of carboxylic acids is 1. The van der Waals surface area contributed by atoms with Crippen molar-refractivity contribution in [3.63, 3.8) is 0 Å². The smallest absolute Gasteiger partial charge is 0.354 e. The first-order chi connectivity index (χ1) is 6.77. The molecule has 1 fully saturated rings. The molecule has 3 heteroatoms. The van der Waals surface area contributed by atoms with Crippen molar-refractivity contribution < 1.29 is 9.90 Å². The van der Waals surface area contributed by atoms with Crippen LogP contribution in [0.15, 0.2) is 18.2 Å². The van der Waals surface area contributed by atoms with Crippen LogP contribution >= 0.6 is 0 Å². The lowest BCUT2D eigenvalue weighted by molar-refractivity contribution is 0.0690. The highest BCUT2D eigenvalue weighted by atomic mass is 16.4. The Kier molecular flexibility index (Phi) is 2.48. The number of aromatic carboxylic acids is 1. The van der Waals surface area contributed by atoms with Gasteiger partial charge in [0.15, 0.2) is 0 Å². The van der Waals surface area contributed by atoms with Gasteiger partial charge >= 0.3 is 5.97 Å². The minimum absolute atomic E-state index is 0.161. The first-order valence-corrected chi connectivity index (χ1v) is 4.97. The average Bonchev–Trinajstić information content (AvgIpc) is 2.71. The number of rotatable bonds is 2. The first-order valence-electron chi connectivity index (χ1n) is 4.97. The van der Waals surface area contributed by atoms with Gasteiger partial charge in [0, 0.05) is 11.6 Å². The molecule has 0 atom stereocenters. The molecule has 0 unspecified atom stereocenters. The maximum absolute atomic E-state index is 10.7. The van der Waals surface area contributed by atoms with Crippen molar-refractivity contribution >= 4 is 5.97 Å². The third-order valence-electron chi connectivity index (χ3n) is 2.76. The molecule has 1 heterocycles. The van der Waals surface area contributed by atoms with Crippen LogP contribution in [0.1, 0.15) is 47.8 Å². The molecule has 0 aromatic carbocycles. The van der Waals surface area contributed by atoms with Crippen LogP contribution in [0.4, 0.5) is 0 Å². The summed E-state index contributed by atoms with van der Waals surface area (Å²) in [6, 6.07) is 5.26. The van der Waals surface area contributed by atoms with E-state index in [2.05, 4.69) is 4.98 Å². The third-order valence-corrected chi connectivity index (χ3v) is 2.76. The van der Waals surface area contributed by atoms with E-state index in [4.69, 9.17) is 5.11 Å². The van der Waals surface area contributed by atoms with Gasteiger partial charge in [-0.1, -0.05) is 18.9 Å². The number of hydrogen-bond donors (Lipinski definition) is 1. The molecule has 3 nitrogen and oxygen atoms in total. The van der Waals surface area contributed by atoms with Crippen molar-refractivity contribution in [3.8, 4) is 0 Å². The molecule has 0 bridgehead atoms. The summed E-state index contributed by atoms with van der Waals surface area (Å²) in [6.45, 7) is 0. The minimum Gasteiger partial charge on any atom is -0.477 e. The summed E-state index contributed by atoms with van der Waals surface area (Å²) in [5, 5.41) is 8.79. The monoisotopic (exact) mass is 191 g/mol. The van der Waals surface area contributed by atoms with E-state index >= 15 is 0 Å². The second kappa shape index (κ2) is 3.78. The number of pyridine rings is 1. The van der Waals surface area contributed by atoms with Crippen LogP contribution < -0.4 is 0 Å². The molecule has 1 aliphatic rings. The van der Waals surface area contributed by atoms with Gasteiger partial charge < -0.3 is 5.11 Å². The number of nitrogens with zero attached hydrogens (tertiary/aromatic N) is 1. The number of carboxylic acid groups (broad SMARTS) is 1.